The Kier molecular flexibility index (Phi) is 7.21. The van der Waals surface area contributed by atoms with Crippen LogP contribution in [0.4, 0.5) is 0 Å². The van der Waals surface area contributed by atoms with Crippen LogP contribution in [-0.2, 0) is 20.0 Å². The number of hydrogen-bond acceptors (Lipinski definition) is 5. The lowest BCUT2D eigenvalue weighted by Gasteiger charge is -2.30. The SMILES string of the molecule is CNS(=O)(=O)c1ccc(S(=O)(=O)N2CCC(CN)CC2)cc1C.Cl. The maximum Gasteiger partial charge on any atom is 0.243 e. The van der Waals surface area contributed by atoms with Crippen molar-refractivity contribution in [1.82, 2.24) is 9.03 Å². The summed E-state index contributed by atoms with van der Waals surface area (Å²) in [5.74, 6) is 0.367. The van der Waals surface area contributed by atoms with Crippen molar-refractivity contribution in [2.24, 2.45) is 11.7 Å². The van der Waals surface area contributed by atoms with E-state index >= 15 is 0 Å². The van der Waals surface area contributed by atoms with Gasteiger partial charge in [0.05, 0.1) is 9.79 Å². The zero-order valence-electron chi connectivity index (χ0n) is 13.7. The summed E-state index contributed by atoms with van der Waals surface area (Å²) in [6, 6.07) is 4.09. The predicted octanol–water partition coefficient (Wildman–Crippen LogP) is 0.684. The van der Waals surface area contributed by atoms with Gasteiger partial charge in [-0.05, 0) is 63.0 Å². The lowest BCUT2D eigenvalue weighted by Crippen LogP contribution is -2.40. The molecule has 24 heavy (non-hydrogen) atoms. The highest BCUT2D eigenvalue weighted by Crippen LogP contribution is 2.25. The molecule has 0 atom stereocenters. The number of halogens is 1. The Balaban J connectivity index is 0.00000288. The van der Waals surface area contributed by atoms with Crippen molar-refractivity contribution in [3.63, 3.8) is 0 Å². The van der Waals surface area contributed by atoms with E-state index in [2.05, 4.69) is 4.72 Å². The third-order valence-electron chi connectivity index (χ3n) is 4.25. The van der Waals surface area contributed by atoms with Crippen LogP contribution >= 0.6 is 12.4 Å². The summed E-state index contributed by atoms with van der Waals surface area (Å²) in [6.07, 6.45) is 1.50. The molecule has 0 unspecified atom stereocenters. The molecule has 0 amide bonds. The van der Waals surface area contributed by atoms with E-state index in [-0.39, 0.29) is 22.2 Å². The van der Waals surface area contributed by atoms with Crippen LogP contribution in [0.25, 0.3) is 0 Å². The van der Waals surface area contributed by atoms with Crippen LogP contribution in [0.5, 0.6) is 0 Å². The fourth-order valence-corrected chi connectivity index (χ4v) is 5.23. The van der Waals surface area contributed by atoms with Gasteiger partial charge in [-0.1, -0.05) is 0 Å². The number of nitrogens with one attached hydrogen (secondary N) is 1. The molecule has 10 heteroatoms. The van der Waals surface area contributed by atoms with Crippen LogP contribution in [0.2, 0.25) is 0 Å². The van der Waals surface area contributed by atoms with E-state index in [0.29, 0.717) is 31.1 Å². The maximum absolute atomic E-state index is 12.7. The van der Waals surface area contributed by atoms with Crippen LogP contribution in [0.15, 0.2) is 28.0 Å². The molecule has 2 rings (SSSR count). The number of nitrogens with two attached hydrogens (primary N) is 1. The molecule has 0 aromatic heterocycles. The molecule has 1 aromatic carbocycles. The van der Waals surface area contributed by atoms with Crippen molar-refractivity contribution in [1.29, 1.82) is 0 Å². The second-order valence-electron chi connectivity index (χ2n) is 5.72. The Labute approximate surface area is 150 Å². The zero-order valence-corrected chi connectivity index (χ0v) is 16.2. The number of nitrogens with zero attached hydrogens (tertiary/aromatic N) is 1. The lowest BCUT2D eigenvalue weighted by molar-refractivity contribution is 0.278. The molecule has 0 spiro atoms. The zero-order chi connectivity index (χ0) is 17.3. The number of aryl methyl sites for hydroxylation is 1. The summed E-state index contributed by atoms with van der Waals surface area (Å²) < 4.78 is 52.8. The molecule has 0 bridgehead atoms. The largest absolute Gasteiger partial charge is 0.330 e. The Morgan fingerprint density at radius 1 is 1.21 bits per heavy atom. The summed E-state index contributed by atoms with van der Waals surface area (Å²) in [5.41, 5.74) is 6.03. The first-order chi connectivity index (χ1) is 10.7. The van der Waals surface area contributed by atoms with Gasteiger partial charge in [0.2, 0.25) is 20.0 Å². The van der Waals surface area contributed by atoms with E-state index in [1.54, 1.807) is 6.92 Å². The first-order valence-electron chi connectivity index (χ1n) is 7.47. The number of rotatable bonds is 5. The number of hydrogen-bond donors (Lipinski definition) is 2. The molecule has 3 N–H and O–H groups in total. The molecular formula is C14H24ClN3O4S2. The van der Waals surface area contributed by atoms with Crippen LogP contribution < -0.4 is 10.5 Å². The molecule has 0 saturated carbocycles. The van der Waals surface area contributed by atoms with E-state index < -0.39 is 20.0 Å². The minimum atomic E-state index is -3.61. The third-order valence-corrected chi connectivity index (χ3v) is 7.72. The minimum Gasteiger partial charge on any atom is -0.330 e. The second-order valence-corrected chi connectivity index (χ2v) is 9.51. The van der Waals surface area contributed by atoms with E-state index in [1.165, 1.54) is 29.6 Å². The molecule has 1 aliphatic heterocycles. The van der Waals surface area contributed by atoms with Gasteiger partial charge in [-0.3, -0.25) is 0 Å². The van der Waals surface area contributed by atoms with E-state index in [1.807, 2.05) is 0 Å². The monoisotopic (exact) mass is 397 g/mol. The Morgan fingerprint density at radius 2 is 1.79 bits per heavy atom. The van der Waals surface area contributed by atoms with Gasteiger partial charge in [0, 0.05) is 13.1 Å². The van der Waals surface area contributed by atoms with Crippen molar-refractivity contribution in [3.8, 4) is 0 Å². The first-order valence-corrected chi connectivity index (χ1v) is 10.4. The van der Waals surface area contributed by atoms with Crippen molar-refractivity contribution in [2.75, 3.05) is 26.7 Å². The quantitative estimate of drug-likeness (QED) is 0.759. The molecule has 1 heterocycles. The highest BCUT2D eigenvalue weighted by molar-refractivity contribution is 7.89. The van der Waals surface area contributed by atoms with E-state index in [9.17, 15) is 16.8 Å². The van der Waals surface area contributed by atoms with Crippen LogP contribution in [0.3, 0.4) is 0 Å². The van der Waals surface area contributed by atoms with E-state index in [4.69, 9.17) is 5.73 Å². The standard InChI is InChI=1S/C14H23N3O4S2.ClH/c1-11-9-13(3-4-14(11)22(18,19)16-2)23(20,21)17-7-5-12(10-15)6-8-17;/h3-4,9,12,16H,5-8,10,15H2,1-2H3;1H. The number of benzene rings is 1. The van der Waals surface area contributed by atoms with Gasteiger partial charge in [0.15, 0.2) is 0 Å². The summed E-state index contributed by atoms with van der Waals surface area (Å²) in [7, 11) is -5.89. The van der Waals surface area contributed by atoms with Gasteiger partial charge in [-0.25, -0.2) is 21.6 Å². The van der Waals surface area contributed by atoms with Gasteiger partial charge in [0.25, 0.3) is 0 Å². The molecule has 1 aromatic rings. The van der Waals surface area contributed by atoms with Gasteiger partial charge in [-0.2, -0.15) is 4.31 Å². The smallest absolute Gasteiger partial charge is 0.243 e. The Morgan fingerprint density at radius 3 is 2.25 bits per heavy atom. The Bertz CT molecular complexity index is 773. The molecule has 0 aliphatic carbocycles. The van der Waals surface area contributed by atoms with E-state index in [0.717, 1.165) is 12.8 Å². The van der Waals surface area contributed by atoms with Gasteiger partial charge in [0.1, 0.15) is 0 Å². The minimum absolute atomic E-state index is 0. The normalized spacial score (nSPS) is 17.5. The number of piperidine rings is 1. The van der Waals surface area contributed by atoms with Crippen molar-refractivity contribution in [3.05, 3.63) is 23.8 Å². The lowest BCUT2D eigenvalue weighted by atomic mass is 9.99. The van der Waals surface area contributed by atoms with Gasteiger partial charge >= 0.3 is 0 Å². The fraction of sp³-hybridized carbons (Fsp3) is 0.571. The fourth-order valence-electron chi connectivity index (χ4n) is 2.73. The van der Waals surface area contributed by atoms with Gasteiger partial charge < -0.3 is 5.73 Å². The predicted molar refractivity (Wildman–Crippen MR) is 95.2 cm³/mol. The summed E-state index contributed by atoms with van der Waals surface area (Å²) in [5, 5.41) is 0. The van der Waals surface area contributed by atoms with Crippen molar-refractivity contribution >= 4 is 32.5 Å². The summed E-state index contributed by atoms with van der Waals surface area (Å²) in [4.78, 5) is 0.206. The molecule has 1 fully saturated rings. The summed E-state index contributed by atoms with van der Waals surface area (Å²) >= 11 is 0. The average molecular weight is 398 g/mol. The third kappa shape index (κ3) is 4.27. The Hall–Kier alpha value is -0.710. The molecule has 1 saturated heterocycles. The highest BCUT2D eigenvalue weighted by Gasteiger charge is 2.29. The summed E-state index contributed by atoms with van der Waals surface area (Å²) in [6.45, 7) is 3.05. The molecule has 0 radical (unpaired) electrons. The van der Waals surface area contributed by atoms with Crippen LogP contribution in [-0.4, -0.2) is 47.8 Å². The van der Waals surface area contributed by atoms with Crippen LogP contribution in [0.1, 0.15) is 18.4 Å². The van der Waals surface area contributed by atoms with Gasteiger partial charge in [-0.15, -0.1) is 12.4 Å². The molecule has 7 nitrogen and oxygen atoms in total. The maximum atomic E-state index is 12.7. The second kappa shape index (κ2) is 8.11. The van der Waals surface area contributed by atoms with Crippen molar-refractivity contribution < 1.29 is 16.8 Å². The highest BCUT2D eigenvalue weighted by atomic mass is 35.5. The number of sulfonamides is 2. The molecule has 1 aliphatic rings. The topological polar surface area (TPSA) is 110 Å². The first kappa shape index (κ1) is 21.3. The van der Waals surface area contributed by atoms with Crippen molar-refractivity contribution in [2.45, 2.75) is 29.6 Å². The van der Waals surface area contributed by atoms with Crippen LogP contribution in [0, 0.1) is 12.8 Å². The molecule has 138 valence electrons. The molecular weight excluding hydrogens is 374 g/mol. The average Bonchev–Trinajstić information content (AvgIpc) is 2.54.